The maximum Gasteiger partial charge on any atom is 0.283 e. The monoisotopic (exact) mass is 473 g/mol. The van der Waals surface area contributed by atoms with E-state index in [2.05, 4.69) is 33.7 Å². The lowest BCUT2D eigenvalue weighted by atomic mass is 10.1. The Bertz CT molecular complexity index is 1430. The number of carbonyl (C=O) groups is 1. The van der Waals surface area contributed by atoms with Gasteiger partial charge in [0.1, 0.15) is 5.04 Å². The van der Waals surface area contributed by atoms with Gasteiger partial charge in [-0.1, -0.05) is 48.0 Å². The van der Waals surface area contributed by atoms with E-state index in [0.717, 1.165) is 33.8 Å². The molecule has 0 spiro atoms. The summed E-state index contributed by atoms with van der Waals surface area (Å²) in [6.45, 7) is 6.11. The number of nitrogens with zero attached hydrogens (tertiary/aromatic N) is 4. The van der Waals surface area contributed by atoms with Gasteiger partial charge in [0.05, 0.1) is 10.6 Å². The largest absolute Gasteiger partial charge is 0.318 e. The van der Waals surface area contributed by atoms with Gasteiger partial charge in [-0.25, -0.2) is 0 Å². The molecule has 2 aliphatic heterocycles. The van der Waals surface area contributed by atoms with Crippen molar-refractivity contribution in [3.05, 3.63) is 93.3 Å². The van der Waals surface area contributed by atoms with Crippen molar-refractivity contribution in [3.8, 4) is 5.69 Å². The summed E-state index contributed by atoms with van der Waals surface area (Å²) in [5.41, 5.74) is 6.09. The quantitative estimate of drug-likeness (QED) is 0.494. The Labute approximate surface area is 200 Å². The van der Waals surface area contributed by atoms with E-state index in [4.69, 9.17) is 17.0 Å². The van der Waals surface area contributed by atoms with Crippen molar-refractivity contribution in [1.82, 2.24) is 9.58 Å². The first kappa shape index (κ1) is 21.4. The highest BCUT2D eigenvalue weighted by atomic mass is 35.5. The van der Waals surface area contributed by atoms with Gasteiger partial charge in [-0.05, 0) is 67.9 Å². The Balaban J connectivity index is 1.53. The molecular weight excluding hydrogens is 454 g/mol. The van der Waals surface area contributed by atoms with Gasteiger partial charge < -0.3 is 4.57 Å². The second-order valence-corrected chi connectivity index (χ2v) is 9.22. The molecule has 2 aliphatic rings. The van der Waals surface area contributed by atoms with E-state index in [1.807, 2.05) is 50.2 Å². The predicted molar refractivity (Wildman–Crippen MR) is 136 cm³/mol. The zero-order valence-electron chi connectivity index (χ0n) is 18.3. The minimum atomic E-state index is -0.449. The molecule has 1 N–H and O–H groups in total. The van der Waals surface area contributed by atoms with Gasteiger partial charge in [-0.2, -0.15) is 15.1 Å². The molecule has 1 aromatic heterocycles. The van der Waals surface area contributed by atoms with Gasteiger partial charge in [0, 0.05) is 22.6 Å². The van der Waals surface area contributed by atoms with Crippen molar-refractivity contribution in [2.24, 2.45) is 10.1 Å². The van der Waals surface area contributed by atoms with Gasteiger partial charge in [0.15, 0.2) is 5.84 Å². The standard InChI is InChI=1S/C25H20ClN5OS/c1-14-8-4-7-11-21(14)30-15(2)12-17(16(30)3)13-19-22(27)31-25(28-23(19)32)33-24(29-31)18-9-5-6-10-20(18)26/h4-13,27H,1-3H3/b19-13+,27-22?. The Morgan fingerprint density at radius 2 is 1.79 bits per heavy atom. The summed E-state index contributed by atoms with van der Waals surface area (Å²) in [4.78, 5) is 17.1. The first-order valence-corrected chi connectivity index (χ1v) is 11.5. The lowest BCUT2D eigenvalue weighted by molar-refractivity contribution is -0.114. The highest BCUT2D eigenvalue weighted by Gasteiger charge is 2.36. The molecule has 0 atom stereocenters. The first-order chi connectivity index (χ1) is 15.8. The third-order valence-corrected chi connectivity index (χ3v) is 6.96. The van der Waals surface area contributed by atoms with E-state index in [-0.39, 0.29) is 11.4 Å². The summed E-state index contributed by atoms with van der Waals surface area (Å²) < 4.78 is 2.16. The normalized spacial score (nSPS) is 16.8. The van der Waals surface area contributed by atoms with Gasteiger partial charge in [-0.15, -0.1) is 0 Å². The third kappa shape index (κ3) is 3.63. The van der Waals surface area contributed by atoms with Gasteiger partial charge in [0.25, 0.3) is 5.91 Å². The number of hydrogen-bond acceptors (Lipinski definition) is 4. The van der Waals surface area contributed by atoms with Crippen LogP contribution in [0.15, 0.2) is 70.3 Å². The lowest BCUT2D eigenvalue weighted by Crippen LogP contribution is -2.35. The molecule has 3 aromatic rings. The molecule has 0 radical (unpaired) electrons. The van der Waals surface area contributed by atoms with E-state index < -0.39 is 5.91 Å². The van der Waals surface area contributed by atoms with Gasteiger partial charge >= 0.3 is 0 Å². The number of hydrogen-bond donors (Lipinski definition) is 1. The zero-order chi connectivity index (χ0) is 23.3. The molecule has 33 heavy (non-hydrogen) atoms. The molecule has 164 valence electrons. The van der Waals surface area contributed by atoms with Crippen LogP contribution in [0.5, 0.6) is 0 Å². The minimum Gasteiger partial charge on any atom is -0.318 e. The molecule has 0 saturated heterocycles. The minimum absolute atomic E-state index is 0.000230. The number of halogens is 1. The topological polar surface area (TPSA) is 73.8 Å². The predicted octanol–water partition coefficient (Wildman–Crippen LogP) is 5.72. The molecule has 1 amide bonds. The van der Waals surface area contributed by atoms with E-state index >= 15 is 0 Å². The van der Waals surface area contributed by atoms with Crippen LogP contribution < -0.4 is 0 Å². The van der Waals surface area contributed by atoms with Crippen LogP contribution >= 0.6 is 23.4 Å². The number of benzene rings is 2. The van der Waals surface area contributed by atoms with Crippen LogP contribution in [0.2, 0.25) is 5.02 Å². The maximum absolute atomic E-state index is 12.9. The number of thioether (sulfide) groups is 1. The van der Waals surface area contributed by atoms with Crippen LogP contribution in [0.4, 0.5) is 0 Å². The van der Waals surface area contributed by atoms with Crippen LogP contribution in [0.3, 0.4) is 0 Å². The molecule has 8 heteroatoms. The number of nitrogens with one attached hydrogen (secondary N) is 1. The Kier molecular flexibility index (Phi) is 5.31. The fourth-order valence-corrected chi connectivity index (χ4v) is 5.22. The molecule has 0 saturated carbocycles. The average molecular weight is 474 g/mol. The van der Waals surface area contributed by atoms with E-state index in [1.165, 1.54) is 16.8 Å². The molecule has 2 aromatic carbocycles. The van der Waals surface area contributed by atoms with E-state index in [0.29, 0.717) is 15.2 Å². The molecule has 0 bridgehead atoms. The number of aryl methyl sites for hydroxylation is 2. The Morgan fingerprint density at radius 1 is 1.06 bits per heavy atom. The average Bonchev–Trinajstić information content (AvgIpc) is 3.32. The highest BCUT2D eigenvalue weighted by molar-refractivity contribution is 8.27. The fourth-order valence-electron chi connectivity index (χ4n) is 4.01. The van der Waals surface area contributed by atoms with E-state index in [1.54, 1.807) is 12.1 Å². The summed E-state index contributed by atoms with van der Waals surface area (Å²) in [7, 11) is 0. The molecule has 0 unspecified atom stereocenters. The van der Waals surface area contributed by atoms with Gasteiger partial charge in [-0.3, -0.25) is 10.2 Å². The smallest absolute Gasteiger partial charge is 0.283 e. The van der Waals surface area contributed by atoms with Gasteiger partial charge in [0.2, 0.25) is 5.17 Å². The van der Waals surface area contributed by atoms with Crippen LogP contribution in [-0.4, -0.2) is 31.5 Å². The van der Waals surface area contributed by atoms with Crippen molar-refractivity contribution in [2.75, 3.05) is 0 Å². The number of rotatable bonds is 3. The molecular formula is C25H20ClN5OS. The number of aliphatic imine (C=N–C) groups is 1. The number of fused-ring (bicyclic) bond motifs is 1. The molecule has 6 nitrogen and oxygen atoms in total. The van der Waals surface area contributed by atoms with Crippen molar-refractivity contribution in [3.63, 3.8) is 0 Å². The summed E-state index contributed by atoms with van der Waals surface area (Å²) in [6, 6.07) is 17.5. The van der Waals surface area contributed by atoms with Crippen molar-refractivity contribution >= 4 is 51.4 Å². The summed E-state index contributed by atoms with van der Waals surface area (Å²) in [6.07, 6.45) is 1.73. The summed E-state index contributed by atoms with van der Waals surface area (Å²) in [5.74, 6) is -0.449. The summed E-state index contributed by atoms with van der Waals surface area (Å²) >= 11 is 7.55. The van der Waals surface area contributed by atoms with Crippen molar-refractivity contribution in [2.45, 2.75) is 20.8 Å². The molecule has 5 rings (SSSR count). The molecule has 0 aliphatic carbocycles. The number of para-hydroxylation sites is 1. The van der Waals surface area contributed by atoms with Crippen molar-refractivity contribution in [1.29, 1.82) is 5.41 Å². The number of amidine groups is 2. The lowest BCUT2D eigenvalue weighted by Gasteiger charge is -2.20. The number of hydrazone groups is 1. The molecule has 3 heterocycles. The number of carbonyl (C=O) groups excluding carboxylic acids is 1. The molecule has 0 fully saturated rings. The first-order valence-electron chi connectivity index (χ1n) is 10.3. The Hall–Kier alpha value is -3.42. The van der Waals surface area contributed by atoms with Crippen LogP contribution in [0, 0.1) is 26.2 Å². The second kappa shape index (κ2) is 8.17. The third-order valence-electron chi connectivity index (χ3n) is 5.69. The maximum atomic E-state index is 12.9. The summed E-state index contributed by atoms with van der Waals surface area (Å²) in [5, 5.41) is 16.1. The second-order valence-electron chi connectivity index (χ2n) is 7.85. The van der Waals surface area contributed by atoms with Crippen LogP contribution in [0.25, 0.3) is 11.8 Å². The Morgan fingerprint density at radius 3 is 2.55 bits per heavy atom. The van der Waals surface area contributed by atoms with Crippen molar-refractivity contribution < 1.29 is 4.79 Å². The highest BCUT2D eigenvalue weighted by Crippen LogP contribution is 2.33. The van der Waals surface area contributed by atoms with E-state index in [9.17, 15) is 4.79 Å². The number of aromatic nitrogens is 1. The fraction of sp³-hybridized carbons (Fsp3) is 0.120. The SMILES string of the molecule is Cc1ccccc1-n1c(C)cc(/C=C2\C(=N)N3N=C(c4ccccc4Cl)SC3=NC2=O)c1C. The number of amides is 1. The van der Waals surface area contributed by atoms with Crippen LogP contribution in [-0.2, 0) is 4.79 Å². The van der Waals surface area contributed by atoms with Crippen LogP contribution in [0.1, 0.15) is 28.1 Å². The zero-order valence-corrected chi connectivity index (χ0v) is 19.8.